The second kappa shape index (κ2) is 8.46. The average Bonchev–Trinajstić information content (AvgIpc) is 3.17. The number of anilines is 1. The molecule has 3 rings (SSSR count). The van der Waals surface area contributed by atoms with Gasteiger partial charge in [-0.05, 0) is 19.1 Å². The van der Waals surface area contributed by atoms with Crippen LogP contribution in [0.4, 0.5) is 5.69 Å². The maximum absolute atomic E-state index is 12.1. The maximum atomic E-state index is 12.1. The lowest BCUT2D eigenvalue weighted by Crippen LogP contribution is -2.21. The number of nitrogens with zero attached hydrogens (tertiary/aromatic N) is 1. The van der Waals surface area contributed by atoms with E-state index < -0.39 is 18.5 Å². The van der Waals surface area contributed by atoms with E-state index in [0.29, 0.717) is 11.4 Å². The standard InChI is InChI=1S/C20H18N2O4S/c1-13-6-8-14(9-7-13)19-22-17(12-27-19)20(24)26-11-18(23)21-15-4-3-5-16(10-15)25-2/h3-10,12H,11H2,1-2H3,(H,21,23). The van der Waals surface area contributed by atoms with Crippen LogP contribution in [0.15, 0.2) is 53.9 Å². The van der Waals surface area contributed by atoms with Gasteiger partial charge in [0.15, 0.2) is 12.3 Å². The van der Waals surface area contributed by atoms with E-state index in [2.05, 4.69) is 10.3 Å². The van der Waals surface area contributed by atoms with Crippen molar-refractivity contribution in [2.24, 2.45) is 0 Å². The average molecular weight is 382 g/mol. The fourth-order valence-electron chi connectivity index (χ4n) is 2.30. The Kier molecular flexibility index (Phi) is 5.83. The van der Waals surface area contributed by atoms with Crippen LogP contribution in [0, 0.1) is 6.92 Å². The van der Waals surface area contributed by atoms with Crippen molar-refractivity contribution in [2.45, 2.75) is 6.92 Å². The third-order valence-corrected chi connectivity index (χ3v) is 4.59. The van der Waals surface area contributed by atoms with Crippen LogP contribution in [0.1, 0.15) is 16.1 Å². The minimum atomic E-state index is -0.634. The van der Waals surface area contributed by atoms with Crippen molar-refractivity contribution in [1.29, 1.82) is 0 Å². The molecule has 0 aliphatic heterocycles. The topological polar surface area (TPSA) is 77.5 Å². The van der Waals surface area contributed by atoms with E-state index in [1.807, 2.05) is 31.2 Å². The van der Waals surface area contributed by atoms with Gasteiger partial charge in [-0.15, -0.1) is 11.3 Å². The van der Waals surface area contributed by atoms with Crippen molar-refractivity contribution in [3.63, 3.8) is 0 Å². The molecule has 7 heteroatoms. The van der Waals surface area contributed by atoms with Crippen LogP contribution in [-0.2, 0) is 9.53 Å². The monoisotopic (exact) mass is 382 g/mol. The number of rotatable bonds is 6. The summed E-state index contributed by atoms with van der Waals surface area (Å²) in [5.74, 6) is -0.452. The smallest absolute Gasteiger partial charge is 0.358 e. The normalized spacial score (nSPS) is 10.3. The molecule has 0 unspecified atom stereocenters. The van der Waals surface area contributed by atoms with E-state index in [1.165, 1.54) is 11.3 Å². The summed E-state index contributed by atoms with van der Waals surface area (Å²) in [5, 5.41) is 4.99. The van der Waals surface area contributed by atoms with Crippen molar-refractivity contribution in [3.8, 4) is 16.3 Å². The molecule has 6 nitrogen and oxygen atoms in total. The largest absolute Gasteiger partial charge is 0.497 e. The predicted octanol–water partition coefficient (Wildman–Crippen LogP) is 3.92. The van der Waals surface area contributed by atoms with Gasteiger partial charge in [0.25, 0.3) is 5.91 Å². The SMILES string of the molecule is COc1cccc(NC(=O)COC(=O)c2csc(-c3ccc(C)cc3)n2)c1. The number of aryl methyl sites for hydroxylation is 1. The molecular formula is C20H18N2O4S. The van der Waals surface area contributed by atoms with E-state index in [-0.39, 0.29) is 5.69 Å². The molecule has 1 N–H and O–H groups in total. The Hall–Kier alpha value is -3.19. The molecular weight excluding hydrogens is 364 g/mol. The van der Waals surface area contributed by atoms with Crippen LogP contribution in [-0.4, -0.2) is 30.6 Å². The van der Waals surface area contributed by atoms with Gasteiger partial charge in [-0.25, -0.2) is 9.78 Å². The first-order valence-electron chi connectivity index (χ1n) is 8.19. The number of ether oxygens (including phenoxy) is 2. The van der Waals surface area contributed by atoms with Crippen molar-refractivity contribution in [2.75, 3.05) is 19.0 Å². The van der Waals surface area contributed by atoms with Gasteiger partial charge < -0.3 is 14.8 Å². The molecule has 1 heterocycles. The van der Waals surface area contributed by atoms with Crippen LogP contribution >= 0.6 is 11.3 Å². The minimum absolute atomic E-state index is 0.185. The fraction of sp³-hybridized carbons (Fsp3) is 0.150. The molecule has 0 spiro atoms. The molecule has 0 atom stereocenters. The quantitative estimate of drug-likeness (QED) is 0.654. The number of aromatic nitrogens is 1. The zero-order valence-corrected chi connectivity index (χ0v) is 15.7. The van der Waals surface area contributed by atoms with Crippen LogP contribution in [0.25, 0.3) is 10.6 Å². The van der Waals surface area contributed by atoms with Crippen LogP contribution in [0.2, 0.25) is 0 Å². The van der Waals surface area contributed by atoms with Crippen LogP contribution in [0.3, 0.4) is 0 Å². The molecule has 27 heavy (non-hydrogen) atoms. The van der Waals surface area contributed by atoms with Crippen molar-refractivity contribution in [1.82, 2.24) is 4.98 Å². The van der Waals surface area contributed by atoms with Gasteiger partial charge in [-0.2, -0.15) is 0 Å². The summed E-state index contributed by atoms with van der Waals surface area (Å²) < 4.78 is 10.1. The molecule has 1 amide bonds. The molecule has 2 aromatic carbocycles. The first-order chi connectivity index (χ1) is 13.0. The van der Waals surface area contributed by atoms with Gasteiger partial charge in [0.1, 0.15) is 10.8 Å². The van der Waals surface area contributed by atoms with E-state index in [0.717, 1.165) is 16.1 Å². The van der Waals surface area contributed by atoms with Gasteiger partial charge in [-0.1, -0.05) is 35.9 Å². The predicted molar refractivity (Wildman–Crippen MR) is 104 cm³/mol. The number of hydrogen-bond acceptors (Lipinski definition) is 6. The van der Waals surface area contributed by atoms with Gasteiger partial charge in [-0.3, -0.25) is 4.79 Å². The third-order valence-electron chi connectivity index (χ3n) is 3.70. The van der Waals surface area contributed by atoms with E-state index >= 15 is 0 Å². The first kappa shape index (κ1) is 18.6. The number of hydrogen-bond donors (Lipinski definition) is 1. The number of nitrogens with one attached hydrogen (secondary N) is 1. The first-order valence-corrected chi connectivity index (χ1v) is 9.07. The molecule has 0 aliphatic rings. The Morgan fingerprint density at radius 1 is 1.15 bits per heavy atom. The van der Waals surface area contributed by atoms with Gasteiger partial charge in [0, 0.05) is 22.7 Å². The number of carbonyl (C=O) groups is 2. The summed E-state index contributed by atoms with van der Waals surface area (Å²) in [6.07, 6.45) is 0. The maximum Gasteiger partial charge on any atom is 0.358 e. The number of carbonyl (C=O) groups excluding carboxylic acids is 2. The van der Waals surface area contributed by atoms with E-state index in [9.17, 15) is 9.59 Å². The second-order valence-corrected chi connectivity index (χ2v) is 6.62. The van der Waals surface area contributed by atoms with Crippen LogP contribution < -0.4 is 10.1 Å². The van der Waals surface area contributed by atoms with Gasteiger partial charge in [0.05, 0.1) is 7.11 Å². The molecule has 0 saturated heterocycles. The summed E-state index contributed by atoms with van der Waals surface area (Å²) >= 11 is 1.35. The molecule has 3 aromatic rings. The summed E-state index contributed by atoms with van der Waals surface area (Å²) in [6, 6.07) is 14.8. The zero-order valence-electron chi connectivity index (χ0n) is 14.9. The molecule has 138 valence electrons. The van der Waals surface area contributed by atoms with Crippen molar-refractivity contribution >= 4 is 28.9 Å². The molecule has 0 radical (unpaired) electrons. The highest BCUT2D eigenvalue weighted by molar-refractivity contribution is 7.13. The van der Waals surface area contributed by atoms with Gasteiger partial charge in [0.2, 0.25) is 0 Å². The summed E-state index contributed by atoms with van der Waals surface area (Å²) in [7, 11) is 1.54. The summed E-state index contributed by atoms with van der Waals surface area (Å²) in [4.78, 5) is 28.4. The summed E-state index contributed by atoms with van der Waals surface area (Å²) in [5.41, 5.74) is 2.83. The Labute approximate surface area is 160 Å². The number of esters is 1. The highest BCUT2D eigenvalue weighted by atomic mass is 32.1. The molecule has 0 fully saturated rings. The van der Waals surface area contributed by atoms with Gasteiger partial charge >= 0.3 is 5.97 Å². The fourth-order valence-corrected chi connectivity index (χ4v) is 3.09. The lowest BCUT2D eigenvalue weighted by atomic mass is 10.2. The van der Waals surface area contributed by atoms with Crippen molar-refractivity contribution < 1.29 is 19.1 Å². The molecule has 0 saturated carbocycles. The highest BCUT2D eigenvalue weighted by Crippen LogP contribution is 2.24. The molecule has 0 bridgehead atoms. The van der Waals surface area contributed by atoms with E-state index in [4.69, 9.17) is 9.47 Å². The Morgan fingerprint density at radius 3 is 2.67 bits per heavy atom. The van der Waals surface area contributed by atoms with E-state index in [1.54, 1.807) is 36.8 Å². The number of amides is 1. The Bertz CT molecular complexity index is 951. The number of methoxy groups -OCH3 is 1. The minimum Gasteiger partial charge on any atom is -0.497 e. The highest BCUT2D eigenvalue weighted by Gasteiger charge is 2.15. The molecule has 1 aromatic heterocycles. The second-order valence-electron chi connectivity index (χ2n) is 5.76. The lowest BCUT2D eigenvalue weighted by molar-refractivity contribution is -0.119. The van der Waals surface area contributed by atoms with Crippen LogP contribution in [0.5, 0.6) is 5.75 Å². The zero-order chi connectivity index (χ0) is 19.2. The number of benzene rings is 2. The molecule has 0 aliphatic carbocycles. The summed E-state index contributed by atoms with van der Waals surface area (Å²) in [6.45, 7) is 1.61. The Balaban J connectivity index is 1.56. The number of thiazole rings is 1. The van der Waals surface area contributed by atoms with Crippen molar-refractivity contribution in [3.05, 3.63) is 65.2 Å². The Morgan fingerprint density at radius 2 is 1.93 bits per heavy atom. The lowest BCUT2D eigenvalue weighted by Gasteiger charge is -2.07. The third kappa shape index (κ3) is 4.92.